The Bertz CT molecular complexity index is 447. The van der Waals surface area contributed by atoms with E-state index in [1.807, 2.05) is 5.38 Å². The first-order valence-corrected chi connectivity index (χ1v) is 5.67. The third kappa shape index (κ3) is 1.97. The second-order valence-electron chi connectivity index (χ2n) is 3.15. The van der Waals surface area contributed by atoms with Crippen molar-refractivity contribution in [2.45, 2.75) is 19.8 Å². The Labute approximate surface area is 91.4 Å². The van der Waals surface area contributed by atoms with Gasteiger partial charge in [0.05, 0.1) is 0 Å². The highest BCUT2D eigenvalue weighted by atomic mass is 32.1. The van der Waals surface area contributed by atoms with Gasteiger partial charge in [-0.05, 0) is 6.42 Å². The van der Waals surface area contributed by atoms with E-state index < -0.39 is 0 Å². The van der Waals surface area contributed by atoms with E-state index in [4.69, 9.17) is 0 Å². The van der Waals surface area contributed by atoms with Crippen molar-refractivity contribution < 1.29 is 4.79 Å². The molecule has 0 spiro atoms. The van der Waals surface area contributed by atoms with Crippen molar-refractivity contribution in [3.05, 3.63) is 23.0 Å². The average Bonchev–Trinajstić information content (AvgIpc) is 2.84. The number of aldehydes is 1. The van der Waals surface area contributed by atoms with Crippen LogP contribution in [0.4, 0.5) is 0 Å². The largest absolute Gasteiger partial charge is 0.339 e. The number of thiazole rings is 1. The molecule has 0 atom stereocenters. The first kappa shape index (κ1) is 10.0. The Morgan fingerprint density at radius 3 is 3.07 bits per heavy atom. The smallest absolute Gasteiger partial charge is 0.170 e. The maximum absolute atomic E-state index is 10.8. The van der Waals surface area contributed by atoms with Crippen LogP contribution in [-0.4, -0.2) is 21.2 Å². The number of nitrogens with one attached hydrogen (secondary N) is 1. The molecule has 0 amide bonds. The molecule has 2 rings (SSSR count). The SMILES string of the molecule is CCCc1[nH]c(-c2nccs2)nc1C=O. The number of aromatic amines is 1. The first-order valence-electron chi connectivity index (χ1n) is 4.79. The molecule has 78 valence electrons. The van der Waals surface area contributed by atoms with Gasteiger partial charge in [-0.1, -0.05) is 13.3 Å². The van der Waals surface area contributed by atoms with E-state index in [9.17, 15) is 4.79 Å². The molecule has 0 saturated carbocycles. The van der Waals surface area contributed by atoms with Gasteiger partial charge >= 0.3 is 0 Å². The molecule has 1 N–H and O–H groups in total. The number of nitrogens with zero attached hydrogens (tertiary/aromatic N) is 2. The van der Waals surface area contributed by atoms with Crippen LogP contribution in [0.1, 0.15) is 29.5 Å². The van der Waals surface area contributed by atoms with Gasteiger partial charge in [-0.2, -0.15) is 0 Å². The fourth-order valence-corrected chi connectivity index (χ4v) is 1.98. The summed E-state index contributed by atoms with van der Waals surface area (Å²) in [6.45, 7) is 2.07. The maximum Gasteiger partial charge on any atom is 0.170 e. The minimum atomic E-state index is 0.502. The fraction of sp³-hybridized carbons (Fsp3) is 0.300. The molecule has 4 nitrogen and oxygen atoms in total. The van der Waals surface area contributed by atoms with Crippen LogP contribution in [0.2, 0.25) is 0 Å². The van der Waals surface area contributed by atoms with E-state index in [0.717, 1.165) is 29.8 Å². The molecular weight excluding hydrogens is 210 g/mol. The van der Waals surface area contributed by atoms with E-state index in [1.165, 1.54) is 11.3 Å². The molecule has 0 aliphatic heterocycles. The van der Waals surface area contributed by atoms with Gasteiger partial charge in [0.15, 0.2) is 17.1 Å². The van der Waals surface area contributed by atoms with Gasteiger partial charge in [0.2, 0.25) is 0 Å². The van der Waals surface area contributed by atoms with Crippen molar-refractivity contribution in [2.24, 2.45) is 0 Å². The quantitative estimate of drug-likeness (QED) is 0.806. The van der Waals surface area contributed by atoms with Crippen LogP contribution in [-0.2, 0) is 6.42 Å². The van der Waals surface area contributed by atoms with E-state index in [-0.39, 0.29) is 0 Å². The van der Waals surface area contributed by atoms with Crippen molar-refractivity contribution in [1.82, 2.24) is 15.0 Å². The van der Waals surface area contributed by atoms with Crippen LogP contribution >= 0.6 is 11.3 Å². The van der Waals surface area contributed by atoms with Crippen LogP contribution in [0.3, 0.4) is 0 Å². The molecule has 0 aromatic carbocycles. The lowest BCUT2D eigenvalue weighted by Crippen LogP contribution is -1.89. The molecule has 2 aromatic rings. The molecule has 0 unspecified atom stereocenters. The minimum Gasteiger partial charge on any atom is -0.339 e. The van der Waals surface area contributed by atoms with Crippen molar-refractivity contribution >= 4 is 17.6 Å². The monoisotopic (exact) mass is 221 g/mol. The summed E-state index contributed by atoms with van der Waals surface area (Å²) in [6.07, 6.45) is 4.34. The molecule has 0 bridgehead atoms. The third-order valence-corrected chi connectivity index (χ3v) is 2.84. The van der Waals surface area contributed by atoms with Crippen molar-refractivity contribution in [1.29, 1.82) is 0 Å². The van der Waals surface area contributed by atoms with E-state index in [2.05, 4.69) is 21.9 Å². The summed E-state index contributed by atoms with van der Waals surface area (Å²) in [4.78, 5) is 22.3. The number of carbonyl (C=O) groups excluding carboxylic acids is 1. The topological polar surface area (TPSA) is 58.6 Å². The van der Waals surface area contributed by atoms with Crippen LogP contribution in [0, 0.1) is 0 Å². The summed E-state index contributed by atoms with van der Waals surface area (Å²) in [5.74, 6) is 0.690. The molecule has 0 aliphatic carbocycles. The predicted octanol–water partition coefficient (Wildman–Crippen LogP) is 2.30. The lowest BCUT2D eigenvalue weighted by Gasteiger charge is -1.92. The number of hydrogen-bond acceptors (Lipinski definition) is 4. The maximum atomic E-state index is 10.8. The zero-order chi connectivity index (χ0) is 10.7. The van der Waals surface area contributed by atoms with Crippen LogP contribution in [0.15, 0.2) is 11.6 Å². The summed E-state index contributed by atoms with van der Waals surface area (Å²) in [7, 11) is 0. The Morgan fingerprint density at radius 2 is 2.47 bits per heavy atom. The van der Waals surface area contributed by atoms with Gasteiger partial charge in [0.25, 0.3) is 0 Å². The molecule has 15 heavy (non-hydrogen) atoms. The lowest BCUT2D eigenvalue weighted by atomic mass is 10.2. The van der Waals surface area contributed by atoms with Gasteiger partial charge in [0.1, 0.15) is 5.69 Å². The molecule has 0 aliphatic rings. The Kier molecular flexibility index (Phi) is 2.91. The fourth-order valence-electron chi connectivity index (χ4n) is 1.40. The minimum absolute atomic E-state index is 0.502. The van der Waals surface area contributed by atoms with Crippen LogP contribution in [0.25, 0.3) is 10.8 Å². The number of aromatic nitrogens is 3. The molecule has 2 aromatic heterocycles. The molecular formula is C10H11N3OS. The number of H-pyrrole nitrogens is 1. The van der Waals surface area contributed by atoms with Gasteiger partial charge in [-0.15, -0.1) is 11.3 Å². The van der Waals surface area contributed by atoms with E-state index in [1.54, 1.807) is 6.20 Å². The van der Waals surface area contributed by atoms with Crippen molar-refractivity contribution in [2.75, 3.05) is 0 Å². The molecule has 0 radical (unpaired) electrons. The van der Waals surface area contributed by atoms with Gasteiger partial charge in [-0.3, -0.25) is 4.79 Å². The summed E-state index contributed by atoms with van der Waals surface area (Å²) in [5, 5.41) is 2.71. The summed E-state index contributed by atoms with van der Waals surface area (Å²) in [6, 6.07) is 0. The Hall–Kier alpha value is -1.49. The highest BCUT2D eigenvalue weighted by molar-refractivity contribution is 7.13. The van der Waals surface area contributed by atoms with Crippen molar-refractivity contribution in [3.63, 3.8) is 0 Å². The number of carbonyl (C=O) groups is 1. The van der Waals surface area contributed by atoms with Gasteiger partial charge in [-0.25, -0.2) is 9.97 Å². The normalized spacial score (nSPS) is 10.5. The zero-order valence-corrected chi connectivity index (χ0v) is 9.17. The number of rotatable bonds is 4. The molecule has 5 heteroatoms. The van der Waals surface area contributed by atoms with Gasteiger partial charge < -0.3 is 4.98 Å². The highest BCUT2D eigenvalue weighted by Gasteiger charge is 2.11. The Morgan fingerprint density at radius 1 is 1.60 bits per heavy atom. The summed E-state index contributed by atoms with van der Waals surface area (Å²) < 4.78 is 0. The first-order chi connectivity index (χ1) is 7.35. The lowest BCUT2D eigenvalue weighted by molar-refractivity contribution is 0.111. The van der Waals surface area contributed by atoms with Crippen LogP contribution < -0.4 is 0 Å². The molecule has 2 heterocycles. The summed E-state index contributed by atoms with van der Waals surface area (Å²) >= 11 is 1.51. The van der Waals surface area contributed by atoms with E-state index in [0.29, 0.717) is 11.5 Å². The predicted molar refractivity (Wildman–Crippen MR) is 59.1 cm³/mol. The summed E-state index contributed by atoms with van der Waals surface area (Å²) in [5.41, 5.74) is 1.40. The van der Waals surface area contributed by atoms with Gasteiger partial charge in [0, 0.05) is 17.3 Å². The third-order valence-electron chi connectivity index (χ3n) is 2.06. The Balaban J connectivity index is 2.38. The molecule has 0 saturated heterocycles. The van der Waals surface area contributed by atoms with Crippen LogP contribution in [0.5, 0.6) is 0 Å². The van der Waals surface area contributed by atoms with Crippen molar-refractivity contribution in [3.8, 4) is 10.8 Å². The second-order valence-corrected chi connectivity index (χ2v) is 4.05. The average molecular weight is 221 g/mol. The standard InChI is InChI=1S/C10H11N3OS/c1-2-3-7-8(6-14)13-9(12-7)10-11-4-5-15-10/h4-6H,2-3H2,1H3,(H,12,13). The number of aryl methyl sites for hydroxylation is 1. The second kappa shape index (κ2) is 4.35. The zero-order valence-electron chi connectivity index (χ0n) is 8.36. The van der Waals surface area contributed by atoms with E-state index >= 15 is 0 Å². The highest BCUT2D eigenvalue weighted by Crippen LogP contribution is 2.20. The molecule has 0 fully saturated rings. The number of hydrogen-bond donors (Lipinski definition) is 1. The number of imidazole rings is 1.